The smallest absolute Gasteiger partial charge is 0.166 e. The molecule has 0 radical (unpaired) electrons. The molecule has 0 bridgehead atoms. The van der Waals surface area contributed by atoms with Crippen molar-refractivity contribution in [2.75, 3.05) is 42.7 Å². The predicted molar refractivity (Wildman–Crippen MR) is 88.5 cm³/mol. The van der Waals surface area contributed by atoms with Crippen molar-refractivity contribution in [2.45, 2.75) is 12.3 Å². The topological polar surface area (TPSA) is 72.6 Å². The molecule has 0 aromatic heterocycles. The van der Waals surface area contributed by atoms with Crippen LogP contribution in [0.25, 0.3) is 0 Å². The van der Waals surface area contributed by atoms with Crippen LogP contribution >= 0.6 is 11.8 Å². The number of hydrogen-bond donors (Lipinski definition) is 1. The number of rotatable bonds is 6. The zero-order valence-corrected chi connectivity index (χ0v) is 13.8. The van der Waals surface area contributed by atoms with E-state index in [2.05, 4.69) is 0 Å². The molecule has 1 aliphatic rings. The molecule has 7 heteroatoms. The van der Waals surface area contributed by atoms with Gasteiger partial charge in [-0.2, -0.15) is 11.8 Å². The highest BCUT2D eigenvalue weighted by atomic mass is 32.2. The first-order valence-electron chi connectivity index (χ1n) is 7.05. The summed E-state index contributed by atoms with van der Waals surface area (Å²) < 4.78 is 29.9. The summed E-state index contributed by atoms with van der Waals surface area (Å²) in [5.74, 6) is 2.44. The largest absolute Gasteiger partial charge is 0.490 e. The summed E-state index contributed by atoms with van der Waals surface area (Å²) in [5, 5.41) is -0.391. The molecule has 21 heavy (non-hydrogen) atoms. The Labute approximate surface area is 130 Å². The number of sulfone groups is 1. The molecule has 1 aromatic rings. The molecule has 5 nitrogen and oxygen atoms in total. The van der Waals surface area contributed by atoms with Gasteiger partial charge in [-0.1, -0.05) is 19.1 Å². The number of nitrogen functional groups attached to an aromatic ring is 1. The third kappa shape index (κ3) is 4.28. The summed E-state index contributed by atoms with van der Waals surface area (Å²) >= 11 is 1.70. The SMILES string of the molecule is CCS(=O)(=O)C1CSCCN1CCOc1ccccc1N. The molecule has 0 spiro atoms. The number of benzene rings is 1. The van der Waals surface area contributed by atoms with E-state index in [9.17, 15) is 8.42 Å². The average Bonchev–Trinajstić information content (AvgIpc) is 2.49. The zero-order valence-electron chi connectivity index (χ0n) is 12.2. The van der Waals surface area contributed by atoms with Crippen molar-refractivity contribution < 1.29 is 13.2 Å². The molecule has 1 saturated heterocycles. The minimum atomic E-state index is -3.05. The molecule has 1 atom stereocenters. The normalized spacial score (nSPS) is 20.3. The van der Waals surface area contributed by atoms with Crippen LogP contribution in [-0.4, -0.2) is 55.6 Å². The van der Waals surface area contributed by atoms with Crippen LogP contribution in [0.4, 0.5) is 5.69 Å². The van der Waals surface area contributed by atoms with Gasteiger partial charge in [-0.15, -0.1) is 0 Å². The van der Waals surface area contributed by atoms with Gasteiger partial charge in [0.1, 0.15) is 17.7 Å². The fourth-order valence-corrected chi connectivity index (χ4v) is 5.39. The lowest BCUT2D eigenvalue weighted by molar-refractivity contribution is 0.206. The van der Waals surface area contributed by atoms with Crippen molar-refractivity contribution in [1.82, 2.24) is 4.90 Å². The Kier molecular flexibility index (Phi) is 5.78. The van der Waals surface area contributed by atoms with E-state index in [1.165, 1.54) is 0 Å². The average molecular weight is 330 g/mol. The van der Waals surface area contributed by atoms with Gasteiger partial charge in [0.25, 0.3) is 0 Å². The maximum absolute atomic E-state index is 12.1. The first-order valence-corrected chi connectivity index (χ1v) is 9.92. The van der Waals surface area contributed by atoms with E-state index in [0.29, 0.717) is 30.3 Å². The van der Waals surface area contributed by atoms with Crippen molar-refractivity contribution in [1.29, 1.82) is 0 Å². The molecule has 1 aliphatic heterocycles. The van der Waals surface area contributed by atoms with Crippen LogP contribution in [-0.2, 0) is 9.84 Å². The second-order valence-corrected chi connectivity index (χ2v) is 8.50. The monoisotopic (exact) mass is 330 g/mol. The van der Waals surface area contributed by atoms with E-state index in [0.717, 1.165) is 12.3 Å². The third-order valence-corrected chi connectivity index (χ3v) is 6.89. The van der Waals surface area contributed by atoms with Gasteiger partial charge >= 0.3 is 0 Å². The Morgan fingerprint density at radius 1 is 1.43 bits per heavy atom. The highest BCUT2D eigenvalue weighted by Crippen LogP contribution is 2.22. The van der Waals surface area contributed by atoms with E-state index in [1.54, 1.807) is 24.8 Å². The predicted octanol–water partition coefficient (Wildman–Crippen LogP) is 1.46. The summed E-state index contributed by atoms with van der Waals surface area (Å²) in [6, 6.07) is 7.33. The Balaban J connectivity index is 1.93. The number of thioether (sulfide) groups is 1. The van der Waals surface area contributed by atoms with Crippen LogP contribution in [0, 0.1) is 0 Å². The van der Waals surface area contributed by atoms with Crippen molar-refractivity contribution in [2.24, 2.45) is 0 Å². The van der Waals surface area contributed by atoms with E-state index in [-0.39, 0.29) is 5.75 Å². The summed E-state index contributed by atoms with van der Waals surface area (Å²) in [6.45, 7) is 3.52. The van der Waals surface area contributed by atoms with Gasteiger partial charge in [0.15, 0.2) is 9.84 Å². The minimum absolute atomic E-state index is 0.182. The first kappa shape index (κ1) is 16.5. The van der Waals surface area contributed by atoms with Gasteiger partial charge in [-0.25, -0.2) is 8.42 Å². The van der Waals surface area contributed by atoms with Gasteiger partial charge in [0.2, 0.25) is 0 Å². The molecule has 2 rings (SSSR count). The van der Waals surface area contributed by atoms with Crippen LogP contribution in [0.3, 0.4) is 0 Å². The second-order valence-electron chi connectivity index (χ2n) is 4.90. The first-order chi connectivity index (χ1) is 10.0. The number of ether oxygens (including phenoxy) is 1. The Bertz CT molecular complexity index is 563. The van der Waals surface area contributed by atoms with E-state index in [4.69, 9.17) is 10.5 Å². The van der Waals surface area contributed by atoms with Crippen LogP contribution in [0.2, 0.25) is 0 Å². The fourth-order valence-electron chi connectivity index (χ4n) is 2.28. The zero-order chi connectivity index (χ0) is 15.3. The Morgan fingerprint density at radius 2 is 2.19 bits per heavy atom. The van der Waals surface area contributed by atoms with E-state index in [1.807, 2.05) is 23.1 Å². The number of nitrogens with zero attached hydrogens (tertiary/aromatic N) is 1. The maximum Gasteiger partial charge on any atom is 0.166 e. The minimum Gasteiger partial charge on any atom is -0.490 e. The third-order valence-electron chi connectivity index (χ3n) is 3.56. The summed E-state index contributed by atoms with van der Waals surface area (Å²) in [6.07, 6.45) is 0. The highest BCUT2D eigenvalue weighted by Gasteiger charge is 2.32. The van der Waals surface area contributed by atoms with Gasteiger partial charge in [0, 0.05) is 30.3 Å². The summed E-state index contributed by atoms with van der Waals surface area (Å²) in [7, 11) is -3.05. The number of anilines is 1. The lowest BCUT2D eigenvalue weighted by atomic mass is 10.3. The lowest BCUT2D eigenvalue weighted by Gasteiger charge is -2.34. The molecule has 1 aromatic carbocycles. The Morgan fingerprint density at radius 3 is 2.90 bits per heavy atom. The van der Waals surface area contributed by atoms with Crippen LogP contribution in [0.1, 0.15) is 6.92 Å². The molecular weight excluding hydrogens is 308 g/mol. The molecule has 1 unspecified atom stereocenters. The van der Waals surface area contributed by atoms with E-state index >= 15 is 0 Å². The van der Waals surface area contributed by atoms with Crippen LogP contribution in [0.15, 0.2) is 24.3 Å². The molecule has 1 heterocycles. The standard InChI is InChI=1S/C14H22N2O3S2/c1-2-21(17,18)14-11-20-10-8-16(14)7-9-19-13-6-4-3-5-12(13)15/h3-6,14H,2,7-11,15H2,1H3. The molecule has 0 saturated carbocycles. The number of nitrogens with two attached hydrogens (primary N) is 1. The number of para-hydroxylation sites is 2. The summed E-state index contributed by atoms with van der Waals surface area (Å²) in [4.78, 5) is 2.01. The molecule has 2 N–H and O–H groups in total. The number of hydrogen-bond acceptors (Lipinski definition) is 6. The maximum atomic E-state index is 12.1. The molecular formula is C14H22N2O3S2. The Hall–Kier alpha value is -0.920. The molecule has 0 amide bonds. The lowest BCUT2D eigenvalue weighted by Crippen LogP contribution is -2.49. The van der Waals surface area contributed by atoms with Crippen molar-refractivity contribution in [3.8, 4) is 5.75 Å². The highest BCUT2D eigenvalue weighted by molar-refractivity contribution is 8.01. The molecule has 1 fully saturated rings. The fraction of sp³-hybridized carbons (Fsp3) is 0.571. The van der Waals surface area contributed by atoms with Gasteiger partial charge in [-0.3, -0.25) is 4.90 Å². The second kappa shape index (κ2) is 7.38. The van der Waals surface area contributed by atoms with Crippen LogP contribution in [0.5, 0.6) is 5.75 Å². The quantitative estimate of drug-likeness (QED) is 0.796. The van der Waals surface area contributed by atoms with E-state index < -0.39 is 15.2 Å². The van der Waals surface area contributed by atoms with Crippen LogP contribution < -0.4 is 10.5 Å². The molecule has 118 valence electrons. The summed E-state index contributed by atoms with van der Waals surface area (Å²) in [5.41, 5.74) is 6.42. The van der Waals surface area contributed by atoms with Gasteiger partial charge in [0.05, 0.1) is 5.69 Å². The molecule has 0 aliphatic carbocycles. The van der Waals surface area contributed by atoms with Crippen molar-refractivity contribution >= 4 is 27.3 Å². The van der Waals surface area contributed by atoms with Gasteiger partial charge in [-0.05, 0) is 12.1 Å². The van der Waals surface area contributed by atoms with Crippen molar-refractivity contribution in [3.63, 3.8) is 0 Å². The van der Waals surface area contributed by atoms with Gasteiger partial charge < -0.3 is 10.5 Å². The van der Waals surface area contributed by atoms with Crippen molar-refractivity contribution in [3.05, 3.63) is 24.3 Å².